The van der Waals surface area contributed by atoms with Gasteiger partial charge in [0.15, 0.2) is 0 Å². The van der Waals surface area contributed by atoms with Crippen LogP contribution in [0.3, 0.4) is 0 Å². The molecule has 0 saturated carbocycles. The van der Waals surface area contributed by atoms with E-state index in [2.05, 4.69) is 5.32 Å². The van der Waals surface area contributed by atoms with Crippen molar-refractivity contribution < 1.29 is 14.6 Å². The Hall–Kier alpha value is -2.33. The van der Waals surface area contributed by atoms with Gasteiger partial charge in [-0.25, -0.2) is 0 Å². The SMILES string of the molecule is CC(CO)NC(=O)c1ccc(OCc2ccccc2)cc1. The van der Waals surface area contributed by atoms with Gasteiger partial charge in [0.1, 0.15) is 12.4 Å². The molecule has 110 valence electrons. The highest BCUT2D eigenvalue weighted by Crippen LogP contribution is 2.14. The molecule has 2 aromatic rings. The first-order valence-electron chi connectivity index (χ1n) is 6.87. The number of benzene rings is 2. The quantitative estimate of drug-likeness (QED) is 0.856. The molecule has 2 aromatic carbocycles. The van der Waals surface area contributed by atoms with Crippen LogP contribution in [-0.2, 0) is 6.61 Å². The Morgan fingerprint density at radius 2 is 1.81 bits per heavy atom. The van der Waals surface area contributed by atoms with E-state index < -0.39 is 0 Å². The molecule has 0 aliphatic heterocycles. The van der Waals surface area contributed by atoms with Crippen molar-refractivity contribution in [3.63, 3.8) is 0 Å². The van der Waals surface area contributed by atoms with Gasteiger partial charge in [0.05, 0.1) is 6.61 Å². The molecule has 0 aliphatic carbocycles. The van der Waals surface area contributed by atoms with Gasteiger partial charge in [0.25, 0.3) is 5.91 Å². The Kier molecular flexibility index (Phi) is 5.35. The Balaban J connectivity index is 1.91. The number of carbonyl (C=O) groups excluding carboxylic acids is 1. The van der Waals surface area contributed by atoms with Crippen LogP contribution in [-0.4, -0.2) is 23.7 Å². The third-order valence-electron chi connectivity index (χ3n) is 3.02. The van der Waals surface area contributed by atoms with Crippen molar-refractivity contribution in [2.24, 2.45) is 0 Å². The zero-order chi connectivity index (χ0) is 15.1. The molecule has 0 bridgehead atoms. The van der Waals surface area contributed by atoms with Crippen LogP contribution in [0.25, 0.3) is 0 Å². The second kappa shape index (κ2) is 7.45. The average molecular weight is 285 g/mol. The average Bonchev–Trinajstić information content (AvgIpc) is 2.54. The lowest BCUT2D eigenvalue weighted by Gasteiger charge is -2.11. The molecule has 0 radical (unpaired) electrons. The van der Waals surface area contributed by atoms with E-state index in [-0.39, 0.29) is 18.6 Å². The second-order valence-electron chi connectivity index (χ2n) is 4.86. The lowest BCUT2D eigenvalue weighted by Crippen LogP contribution is -2.34. The lowest BCUT2D eigenvalue weighted by atomic mass is 10.2. The molecule has 0 fully saturated rings. The van der Waals surface area contributed by atoms with E-state index in [1.807, 2.05) is 30.3 Å². The van der Waals surface area contributed by atoms with Gasteiger partial charge < -0.3 is 15.2 Å². The minimum Gasteiger partial charge on any atom is -0.489 e. The van der Waals surface area contributed by atoms with Crippen LogP contribution < -0.4 is 10.1 Å². The first kappa shape index (κ1) is 15.1. The fourth-order valence-electron chi connectivity index (χ4n) is 1.80. The van der Waals surface area contributed by atoms with E-state index in [4.69, 9.17) is 9.84 Å². The molecule has 2 N–H and O–H groups in total. The molecular weight excluding hydrogens is 266 g/mol. The Morgan fingerprint density at radius 3 is 2.43 bits per heavy atom. The molecule has 1 atom stereocenters. The minimum absolute atomic E-state index is 0.0794. The number of amides is 1. The molecule has 21 heavy (non-hydrogen) atoms. The number of hydrogen-bond acceptors (Lipinski definition) is 3. The number of ether oxygens (including phenoxy) is 1. The number of rotatable bonds is 6. The van der Waals surface area contributed by atoms with E-state index >= 15 is 0 Å². The molecular formula is C17H19NO3. The van der Waals surface area contributed by atoms with Gasteiger partial charge in [-0.15, -0.1) is 0 Å². The fourth-order valence-corrected chi connectivity index (χ4v) is 1.80. The molecule has 0 aliphatic rings. The molecule has 0 aromatic heterocycles. The topological polar surface area (TPSA) is 58.6 Å². The van der Waals surface area contributed by atoms with E-state index in [9.17, 15) is 4.79 Å². The highest BCUT2D eigenvalue weighted by molar-refractivity contribution is 5.94. The summed E-state index contributed by atoms with van der Waals surface area (Å²) in [5.74, 6) is 0.511. The minimum atomic E-state index is -0.258. The van der Waals surface area contributed by atoms with E-state index in [1.54, 1.807) is 31.2 Å². The molecule has 2 rings (SSSR count). The Bertz CT molecular complexity index is 566. The van der Waals surface area contributed by atoms with Crippen LogP contribution in [0.5, 0.6) is 5.75 Å². The third kappa shape index (κ3) is 4.61. The zero-order valence-corrected chi connectivity index (χ0v) is 12.0. The Morgan fingerprint density at radius 1 is 1.14 bits per heavy atom. The van der Waals surface area contributed by atoms with Gasteiger partial charge in [-0.2, -0.15) is 0 Å². The molecule has 4 nitrogen and oxygen atoms in total. The molecule has 0 saturated heterocycles. The summed E-state index contributed by atoms with van der Waals surface area (Å²) in [6.07, 6.45) is 0. The van der Waals surface area contributed by atoms with E-state index in [1.165, 1.54) is 0 Å². The van der Waals surface area contributed by atoms with Crippen molar-refractivity contribution in [2.75, 3.05) is 6.61 Å². The monoisotopic (exact) mass is 285 g/mol. The Labute approximate surface area is 124 Å². The third-order valence-corrected chi connectivity index (χ3v) is 3.02. The predicted octanol–water partition coefficient (Wildman–Crippen LogP) is 2.38. The largest absolute Gasteiger partial charge is 0.489 e. The van der Waals surface area contributed by atoms with Gasteiger partial charge in [-0.1, -0.05) is 30.3 Å². The van der Waals surface area contributed by atoms with Crippen LogP contribution >= 0.6 is 0 Å². The predicted molar refractivity (Wildman–Crippen MR) is 81.2 cm³/mol. The number of nitrogens with one attached hydrogen (secondary N) is 1. The standard InChI is InChI=1S/C17H19NO3/c1-13(11-19)18-17(20)15-7-9-16(10-8-15)21-12-14-5-3-2-4-6-14/h2-10,13,19H,11-12H2,1H3,(H,18,20). The second-order valence-corrected chi connectivity index (χ2v) is 4.86. The van der Waals surface area contributed by atoms with Crippen LogP contribution in [0.2, 0.25) is 0 Å². The van der Waals surface area contributed by atoms with Crippen molar-refractivity contribution in [2.45, 2.75) is 19.6 Å². The summed E-state index contributed by atoms with van der Waals surface area (Å²) in [4.78, 5) is 11.8. The number of hydrogen-bond donors (Lipinski definition) is 2. The summed E-state index contributed by atoms with van der Waals surface area (Å²) in [7, 11) is 0. The maximum atomic E-state index is 11.8. The number of carbonyl (C=O) groups is 1. The highest BCUT2D eigenvalue weighted by Gasteiger charge is 2.08. The first-order chi connectivity index (χ1) is 10.2. The highest BCUT2D eigenvalue weighted by atomic mass is 16.5. The van der Waals surface area contributed by atoms with Crippen molar-refractivity contribution in [1.29, 1.82) is 0 Å². The number of aliphatic hydroxyl groups is 1. The van der Waals surface area contributed by atoms with Gasteiger partial charge in [-0.3, -0.25) is 4.79 Å². The van der Waals surface area contributed by atoms with E-state index in [0.29, 0.717) is 17.9 Å². The lowest BCUT2D eigenvalue weighted by molar-refractivity contribution is 0.0922. The summed E-state index contributed by atoms with van der Waals surface area (Å²) in [6.45, 7) is 2.16. The number of aliphatic hydroxyl groups excluding tert-OH is 1. The van der Waals surface area contributed by atoms with Crippen molar-refractivity contribution in [1.82, 2.24) is 5.32 Å². The van der Waals surface area contributed by atoms with Crippen LogP contribution in [0.1, 0.15) is 22.8 Å². The molecule has 4 heteroatoms. The van der Waals surface area contributed by atoms with Crippen LogP contribution in [0.4, 0.5) is 0 Å². The van der Waals surface area contributed by atoms with Crippen LogP contribution in [0.15, 0.2) is 54.6 Å². The summed E-state index contributed by atoms with van der Waals surface area (Å²) in [5.41, 5.74) is 1.64. The van der Waals surface area contributed by atoms with Gasteiger partial charge in [-0.05, 0) is 36.8 Å². The van der Waals surface area contributed by atoms with Gasteiger partial charge >= 0.3 is 0 Å². The van der Waals surface area contributed by atoms with Crippen molar-refractivity contribution in [3.05, 3.63) is 65.7 Å². The molecule has 1 unspecified atom stereocenters. The zero-order valence-electron chi connectivity index (χ0n) is 12.0. The molecule has 0 heterocycles. The summed E-state index contributed by atoms with van der Waals surface area (Å²) < 4.78 is 5.66. The summed E-state index contributed by atoms with van der Waals surface area (Å²) in [6, 6.07) is 16.6. The van der Waals surface area contributed by atoms with Gasteiger partial charge in [0.2, 0.25) is 0 Å². The molecule has 0 spiro atoms. The first-order valence-corrected chi connectivity index (χ1v) is 6.87. The smallest absolute Gasteiger partial charge is 0.251 e. The van der Waals surface area contributed by atoms with Gasteiger partial charge in [0, 0.05) is 11.6 Å². The maximum Gasteiger partial charge on any atom is 0.251 e. The van der Waals surface area contributed by atoms with Crippen LogP contribution in [0, 0.1) is 0 Å². The molecule has 1 amide bonds. The summed E-state index contributed by atoms with van der Waals surface area (Å²) in [5, 5.41) is 11.6. The fraction of sp³-hybridized carbons (Fsp3) is 0.235. The van der Waals surface area contributed by atoms with Crippen molar-refractivity contribution in [3.8, 4) is 5.75 Å². The van der Waals surface area contributed by atoms with E-state index in [0.717, 1.165) is 5.56 Å². The normalized spacial score (nSPS) is 11.7. The van der Waals surface area contributed by atoms with Crippen molar-refractivity contribution >= 4 is 5.91 Å². The maximum absolute atomic E-state index is 11.8. The summed E-state index contributed by atoms with van der Waals surface area (Å²) >= 11 is 0.